The van der Waals surface area contributed by atoms with Gasteiger partial charge in [0.25, 0.3) is 0 Å². The molecule has 0 spiro atoms. The highest BCUT2D eigenvalue weighted by Gasteiger charge is 2.44. The Bertz CT molecular complexity index is 400. The summed E-state index contributed by atoms with van der Waals surface area (Å²) in [7, 11) is 0. The van der Waals surface area contributed by atoms with E-state index in [2.05, 4.69) is 39.9 Å². The monoisotopic (exact) mass is 335 g/mol. The molecule has 3 aliphatic rings. The molecule has 1 atom stereocenters. The topological polar surface area (TPSA) is 21.3 Å². The van der Waals surface area contributed by atoms with Crippen LogP contribution in [0.1, 0.15) is 92.4 Å². The van der Waals surface area contributed by atoms with Crippen LogP contribution in [0.3, 0.4) is 0 Å². The minimum atomic E-state index is 0.208. The highest BCUT2D eigenvalue weighted by molar-refractivity contribution is 5.02. The largest absolute Gasteiger partial charge is 0.378 e. The van der Waals surface area contributed by atoms with Gasteiger partial charge in [0.1, 0.15) is 0 Å². The fourth-order valence-electron chi connectivity index (χ4n) is 5.90. The van der Waals surface area contributed by atoms with Crippen LogP contribution >= 0.6 is 0 Å². The Hall–Kier alpha value is -0.0800. The summed E-state index contributed by atoms with van der Waals surface area (Å²) in [5, 5.41) is 3.78. The molecule has 0 aromatic carbocycles. The van der Waals surface area contributed by atoms with E-state index in [0.29, 0.717) is 12.0 Å². The molecular formula is C22H41NO. The van der Waals surface area contributed by atoms with Crippen LogP contribution in [0.15, 0.2) is 0 Å². The van der Waals surface area contributed by atoms with Gasteiger partial charge >= 0.3 is 0 Å². The molecule has 140 valence electrons. The first-order valence-electron chi connectivity index (χ1n) is 10.7. The van der Waals surface area contributed by atoms with Crippen molar-refractivity contribution in [3.63, 3.8) is 0 Å². The van der Waals surface area contributed by atoms with E-state index >= 15 is 0 Å². The number of hydrogen-bond acceptors (Lipinski definition) is 2. The van der Waals surface area contributed by atoms with Gasteiger partial charge in [-0.15, -0.1) is 0 Å². The molecule has 2 heteroatoms. The molecule has 24 heavy (non-hydrogen) atoms. The summed E-state index contributed by atoms with van der Waals surface area (Å²) in [6, 6.07) is 0. The van der Waals surface area contributed by atoms with Gasteiger partial charge in [-0.1, -0.05) is 19.8 Å². The van der Waals surface area contributed by atoms with E-state index in [9.17, 15) is 0 Å². The third-order valence-corrected chi connectivity index (χ3v) is 7.42. The van der Waals surface area contributed by atoms with Crippen molar-refractivity contribution in [3.8, 4) is 0 Å². The van der Waals surface area contributed by atoms with Gasteiger partial charge in [0.15, 0.2) is 0 Å². The van der Waals surface area contributed by atoms with Gasteiger partial charge in [0.05, 0.1) is 12.7 Å². The van der Waals surface area contributed by atoms with E-state index in [0.717, 1.165) is 24.4 Å². The first-order chi connectivity index (χ1) is 11.3. The van der Waals surface area contributed by atoms with E-state index < -0.39 is 0 Å². The first-order valence-corrected chi connectivity index (χ1v) is 10.7. The van der Waals surface area contributed by atoms with Crippen LogP contribution in [-0.2, 0) is 4.74 Å². The summed E-state index contributed by atoms with van der Waals surface area (Å²) in [5.41, 5.74) is 0.465. The molecule has 0 amide bonds. The van der Waals surface area contributed by atoms with Crippen LogP contribution in [0.5, 0.6) is 0 Å². The summed E-state index contributed by atoms with van der Waals surface area (Å²) < 4.78 is 6.41. The van der Waals surface area contributed by atoms with Gasteiger partial charge in [0.2, 0.25) is 0 Å². The van der Waals surface area contributed by atoms with Crippen LogP contribution < -0.4 is 5.32 Å². The van der Waals surface area contributed by atoms with Crippen molar-refractivity contribution in [2.45, 2.75) is 110 Å². The SMILES string of the molecule is CC1CCC(C2CCC(OCC3CC(C)(C)NC3(C)C)CC2)CC1. The smallest absolute Gasteiger partial charge is 0.0575 e. The van der Waals surface area contributed by atoms with E-state index in [-0.39, 0.29) is 11.1 Å². The van der Waals surface area contributed by atoms with Gasteiger partial charge in [-0.25, -0.2) is 0 Å². The second-order valence-corrected chi connectivity index (χ2v) is 10.5. The molecular weight excluding hydrogens is 294 g/mol. The quantitative estimate of drug-likeness (QED) is 0.726. The third-order valence-electron chi connectivity index (χ3n) is 7.42. The molecule has 2 nitrogen and oxygen atoms in total. The van der Waals surface area contributed by atoms with Crippen molar-refractivity contribution in [1.82, 2.24) is 5.32 Å². The van der Waals surface area contributed by atoms with Crippen LogP contribution in [0.4, 0.5) is 0 Å². The van der Waals surface area contributed by atoms with Crippen molar-refractivity contribution in [1.29, 1.82) is 0 Å². The van der Waals surface area contributed by atoms with Crippen molar-refractivity contribution in [3.05, 3.63) is 0 Å². The van der Waals surface area contributed by atoms with Gasteiger partial charge in [-0.05, 0) is 90.4 Å². The molecule has 1 unspecified atom stereocenters. The maximum absolute atomic E-state index is 6.41. The fraction of sp³-hybridized carbons (Fsp3) is 1.00. The first kappa shape index (κ1) is 18.7. The van der Waals surface area contributed by atoms with Gasteiger partial charge in [-0.3, -0.25) is 0 Å². The van der Waals surface area contributed by atoms with Crippen molar-refractivity contribution in [2.75, 3.05) is 6.61 Å². The molecule has 0 bridgehead atoms. The Morgan fingerprint density at radius 3 is 1.88 bits per heavy atom. The van der Waals surface area contributed by atoms with Gasteiger partial charge in [-0.2, -0.15) is 0 Å². The molecule has 3 fully saturated rings. The summed E-state index contributed by atoms with van der Waals surface area (Å²) in [5.74, 6) is 3.65. The zero-order chi connectivity index (χ0) is 17.4. The number of nitrogens with one attached hydrogen (secondary N) is 1. The molecule has 1 saturated heterocycles. The van der Waals surface area contributed by atoms with Crippen LogP contribution in [-0.4, -0.2) is 23.8 Å². The lowest BCUT2D eigenvalue weighted by atomic mass is 9.71. The van der Waals surface area contributed by atoms with Crippen molar-refractivity contribution < 1.29 is 4.74 Å². The van der Waals surface area contributed by atoms with Crippen LogP contribution in [0.2, 0.25) is 0 Å². The Kier molecular flexibility index (Phi) is 5.67. The van der Waals surface area contributed by atoms with Gasteiger partial charge in [0, 0.05) is 17.0 Å². The van der Waals surface area contributed by atoms with Gasteiger partial charge < -0.3 is 10.1 Å². The molecule has 1 aliphatic heterocycles. The minimum Gasteiger partial charge on any atom is -0.378 e. The molecule has 2 saturated carbocycles. The molecule has 0 aromatic rings. The lowest BCUT2D eigenvalue weighted by Gasteiger charge is -2.37. The normalized spacial score (nSPS) is 42.1. The summed E-state index contributed by atoms with van der Waals surface area (Å²) in [4.78, 5) is 0. The molecule has 0 radical (unpaired) electrons. The van der Waals surface area contributed by atoms with E-state index in [1.54, 1.807) is 0 Å². The maximum atomic E-state index is 6.41. The van der Waals surface area contributed by atoms with E-state index in [1.165, 1.54) is 57.8 Å². The molecule has 2 aliphatic carbocycles. The minimum absolute atomic E-state index is 0.208. The predicted octanol–water partition coefficient (Wildman–Crippen LogP) is 5.55. The van der Waals surface area contributed by atoms with Crippen LogP contribution in [0, 0.1) is 23.7 Å². The highest BCUT2D eigenvalue weighted by atomic mass is 16.5. The number of ether oxygens (including phenoxy) is 1. The lowest BCUT2D eigenvalue weighted by Crippen LogP contribution is -2.46. The number of rotatable bonds is 4. The zero-order valence-corrected chi connectivity index (χ0v) is 16.9. The Labute approximate surface area is 150 Å². The Balaban J connectivity index is 1.40. The molecule has 1 N–H and O–H groups in total. The summed E-state index contributed by atoms with van der Waals surface area (Å²) in [6.45, 7) is 12.7. The van der Waals surface area contributed by atoms with E-state index in [4.69, 9.17) is 4.74 Å². The van der Waals surface area contributed by atoms with Crippen molar-refractivity contribution >= 4 is 0 Å². The third kappa shape index (κ3) is 4.55. The predicted molar refractivity (Wildman–Crippen MR) is 102 cm³/mol. The Morgan fingerprint density at radius 2 is 1.38 bits per heavy atom. The second kappa shape index (κ2) is 7.27. The summed E-state index contributed by atoms with van der Waals surface area (Å²) >= 11 is 0. The molecule has 0 aromatic heterocycles. The van der Waals surface area contributed by atoms with Crippen molar-refractivity contribution in [2.24, 2.45) is 23.7 Å². The average molecular weight is 336 g/mol. The van der Waals surface area contributed by atoms with Crippen LogP contribution in [0.25, 0.3) is 0 Å². The highest BCUT2D eigenvalue weighted by Crippen LogP contribution is 2.41. The van der Waals surface area contributed by atoms with E-state index in [1.807, 2.05) is 0 Å². The molecule has 3 rings (SSSR count). The average Bonchev–Trinajstić information content (AvgIpc) is 2.73. The number of hydrogen-bond donors (Lipinski definition) is 1. The fourth-order valence-corrected chi connectivity index (χ4v) is 5.90. The standard InChI is InChI=1S/C22H41NO/c1-16-6-8-17(9-7-16)18-10-12-20(13-11-18)24-15-19-14-21(2,3)23-22(19,4)5/h16-20,23H,6-15H2,1-5H3. The lowest BCUT2D eigenvalue weighted by molar-refractivity contribution is -0.0166. The molecule has 1 heterocycles. The summed E-state index contributed by atoms with van der Waals surface area (Å²) in [6.07, 6.45) is 13.1. The Morgan fingerprint density at radius 1 is 0.833 bits per heavy atom. The maximum Gasteiger partial charge on any atom is 0.0575 e. The second-order valence-electron chi connectivity index (χ2n) is 10.5. The zero-order valence-electron chi connectivity index (χ0n) is 16.9.